The van der Waals surface area contributed by atoms with Crippen LogP contribution >= 0.6 is 0 Å². The molecule has 0 spiro atoms. The van der Waals surface area contributed by atoms with Crippen LogP contribution in [0.15, 0.2) is 0 Å². The third-order valence-electron chi connectivity index (χ3n) is 10.1. The van der Waals surface area contributed by atoms with E-state index in [-0.39, 0.29) is 34.2 Å². The fourth-order valence-corrected chi connectivity index (χ4v) is 6.50. The fraction of sp³-hybridized carbons (Fsp3) is 0.833. The average molecular weight is 514 g/mol. The van der Waals surface area contributed by atoms with Crippen LogP contribution < -0.4 is 5.32 Å². The van der Waals surface area contributed by atoms with Gasteiger partial charge in [-0.05, 0) is 41.0 Å². The minimum atomic E-state index is -0.483. The molecular weight excluding hydrogens is 462 g/mol. The van der Waals surface area contributed by atoms with E-state index in [1.54, 1.807) is 0 Å². The maximum absolute atomic E-state index is 13.0. The standard InChI is InChI=1S/C18H33N3O.C12H18N2O/c1-14(2,3)13(22)20(11)18(10)15(4,5)16(6,7)21(12-19)17(18,8)9;1-5-14-7-9(8-6-10(8)14)13-11(15)12(2,3)4/h1-11H3;1,8-10H,6-7H2,2-4H3,(H,13,15). The van der Waals surface area contributed by atoms with Gasteiger partial charge in [0.2, 0.25) is 11.8 Å². The van der Waals surface area contributed by atoms with Gasteiger partial charge < -0.3 is 15.1 Å². The number of nitrogens with one attached hydrogen (secondary N) is 1. The number of hydrogen-bond donors (Lipinski definition) is 1. The van der Waals surface area contributed by atoms with Crippen LogP contribution in [0.3, 0.4) is 0 Å². The van der Waals surface area contributed by atoms with E-state index in [9.17, 15) is 14.9 Å². The Kier molecular flexibility index (Phi) is 7.58. The maximum atomic E-state index is 13.0. The SMILES string of the molecule is C#CN1CC(NC(=O)C(C)(C)C)C2CC21.CN(C(=O)C(C)(C)C)C1(C)C(C)(C)N(C#N)C(C)(C)C1(C)C. The van der Waals surface area contributed by atoms with Gasteiger partial charge >= 0.3 is 0 Å². The van der Waals surface area contributed by atoms with Crippen LogP contribution in [-0.2, 0) is 9.59 Å². The monoisotopic (exact) mass is 513 g/mol. The Hall–Kier alpha value is -2.41. The van der Waals surface area contributed by atoms with E-state index in [0.29, 0.717) is 12.0 Å². The van der Waals surface area contributed by atoms with E-state index in [1.165, 1.54) is 0 Å². The lowest BCUT2D eigenvalue weighted by Crippen LogP contribution is -2.66. The first-order chi connectivity index (χ1) is 16.4. The summed E-state index contributed by atoms with van der Waals surface area (Å²) in [5.74, 6) is 0.816. The lowest BCUT2D eigenvalue weighted by molar-refractivity contribution is -0.151. The molecule has 3 aliphatic rings. The highest BCUT2D eigenvalue weighted by Crippen LogP contribution is 2.61. The lowest BCUT2D eigenvalue weighted by atomic mass is 9.60. The van der Waals surface area contributed by atoms with Crippen molar-refractivity contribution in [2.45, 2.75) is 125 Å². The number of fused-ring (bicyclic) bond motifs is 1. The number of nitriles is 1. The minimum absolute atomic E-state index is 0.103. The summed E-state index contributed by atoms with van der Waals surface area (Å²) in [6.07, 6.45) is 8.91. The molecule has 1 N–H and O–H groups in total. The first-order valence-corrected chi connectivity index (χ1v) is 13.5. The van der Waals surface area contributed by atoms with Crippen LogP contribution in [0, 0.1) is 46.1 Å². The molecule has 208 valence electrons. The summed E-state index contributed by atoms with van der Waals surface area (Å²) in [7, 11) is 1.88. The molecule has 7 nitrogen and oxygen atoms in total. The van der Waals surface area contributed by atoms with Gasteiger partial charge in [0.1, 0.15) is 0 Å². The highest BCUT2D eigenvalue weighted by atomic mass is 16.2. The van der Waals surface area contributed by atoms with Crippen LogP contribution in [0.1, 0.15) is 96.4 Å². The summed E-state index contributed by atoms with van der Waals surface area (Å²) in [4.78, 5) is 30.5. The number of nitrogens with zero attached hydrogens (tertiary/aromatic N) is 4. The molecule has 2 amide bonds. The van der Waals surface area contributed by atoms with Crippen LogP contribution in [0.4, 0.5) is 0 Å². The molecule has 7 heteroatoms. The van der Waals surface area contributed by atoms with Gasteiger partial charge in [0.15, 0.2) is 6.19 Å². The van der Waals surface area contributed by atoms with Crippen LogP contribution in [-0.4, -0.2) is 68.8 Å². The molecule has 0 aromatic rings. The predicted octanol–water partition coefficient (Wildman–Crippen LogP) is 4.44. The normalized spacial score (nSPS) is 30.8. The quantitative estimate of drug-likeness (QED) is 0.436. The predicted molar refractivity (Wildman–Crippen MR) is 149 cm³/mol. The number of amides is 2. The number of likely N-dealkylation sites (tertiary alicyclic amines) is 2. The summed E-state index contributed by atoms with van der Waals surface area (Å²) in [6, 6.07) is 3.47. The molecule has 1 saturated carbocycles. The van der Waals surface area contributed by atoms with E-state index in [2.05, 4.69) is 66.0 Å². The smallest absolute Gasteiger partial charge is 0.228 e. The molecule has 3 fully saturated rings. The van der Waals surface area contributed by atoms with Crippen LogP contribution in [0.2, 0.25) is 0 Å². The zero-order valence-electron chi connectivity index (χ0n) is 25.8. The molecular formula is C30H51N5O2. The number of rotatable bonds is 2. The third-order valence-corrected chi connectivity index (χ3v) is 10.1. The first-order valence-electron chi connectivity index (χ1n) is 13.5. The largest absolute Gasteiger partial charge is 0.351 e. The number of carbonyl (C=O) groups is 2. The van der Waals surface area contributed by atoms with Gasteiger partial charge in [0, 0.05) is 47.8 Å². The Bertz CT molecular complexity index is 1000. The van der Waals surface area contributed by atoms with Gasteiger partial charge in [0.05, 0.1) is 22.7 Å². The second kappa shape index (κ2) is 9.11. The van der Waals surface area contributed by atoms with Crippen molar-refractivity contribution in [1.29, 1.82) is 5.26 Å². The number of piperidine rings is 1. The lowest BCUT2D eigenvalue weighted by Gasteiger charge is -2.54. The van der Waals surface area contributed by atoms with Crippen molar-refractivity contribution in [3.05, 3.63) is 0 Å². The molecule has 4 atom stereocenters. The summed E-state index contributed by atoms with van der Waals surface area (Å²) < 4.78 is 0. The van der Waals surface area contributed by atoms with Gasteiger partial charge in [-0.3, -0.25) is 14.5 Å². The number of likely N-dealkylation sites (N-methyl/N-ethyl adjacent to an activating group) is 1. The topological polar surface area (TPSA) is 79.7 Å². The number of carbonyl (C=O) groups excluding carboxylic acids is 2. The zero-order chi connectivity index (χ0) is 29.2. The molecule has 0 aromatic heterocycles. The molecule has 4 unspecified atom stereocenters. The van der Waals surface area contributed by atoms with Gasteiger partial charge in [-0.1, -0.05) is 61.8 Å². The maximum Gasteiger partial charge on any atom is 0.228 e. The highest BCUT2D eigenvalue weighted by molar-refractivity contribution is 5.82. The summed E-state index contributed by atoms with van der Waals surface area (Å²) in [5, 5.41) is 12.9. The summed E-state index contributed by atoms with van der Waals surface area (Å²) >= 11 is 0. The van der Waals surface area contributed by atoms with Crippen molar-refractivity contribution in [2.75, 3.05) is 13.6 Å². The molecule has 2 heterocycles. The molecule has 3 rings (SSSR count). The van der Waals surface area contributed by atoms with Crippen LogP contribution in [0.25, 0.3) is 0 Å². The van der Waals surface area contributed by atoms with Crippen molar-refractivity contribution >= 4 is 11.8 Å². The van der Waals surface area contributed by atoms with E-state index in [1.807, 2.05) is 63.3 Å². The minimum Gasteiger partial charge on any atom is -0.351 e. The van der Waals surface area contributed by atoms with E-state index < -0.39 is 16.5 Å². The number of terminal acetylenes is 1. The van der Waals surface area contributed by atoms with E-state index in [0.717, 1.165) is 13.0 Å². The molecule has 1 aliphatic carbocycles. The third kappa shape index (κ3) is 4.68. The average Bonchev–Trinajstić information content (AvgIpc) is 3.45. The van der Waals surface area contributed by atoms with Gasteiger partial charge in [-0.15, -0.1) is 0 Å². The van der Waals surface area contributed by atoms with Gasteiger partial charge in [0.25, 0.3) is 0 Å². The molecule has 2 saturated heterocycles. The molecule has 2 aliphatic heterocycles. The van der Waals surface area contributed by atoms with Crippen molar-refractivity contribution in [3.63, 3.8) is 0 Å². The summed E-state index contributed by atoms with van der Waals surface area (Å²) in [6.45, 7) is 27.2. The molecule has 0 aromatic carbocycles. The van der Waals surface area contributed by atoms with Crippen molar-refractivity contribution in [3.8, 4) is 18.7 Å². The Morgan fingerprint density at radius 3 is 1.84 bits per heavy atom. The van der Waals surface area contributed by atoms with Crippen molar-refractivity contribution in [1.82, 2.24) is 20.0 Å². The van der Waals surface area contributed by atoms with Gasteiger partial charge in [-0.2, -0.15) is 5.26 Å². The Balaban J connectivity index is 0.000000278. The van der Waals surface area contributed by atoms with E-state index >= 15 is 0 Å². The second-order valence-corrected chi connectivity index (χ2v) is 14.9. The zero-order valence-corrected chi connectivity index (χ0v) is 25.8. The van der Waals surface area contributed by atoms with Crippen LogP contribution in [0.5, 0.6) is 0 Å². The summed E-state index contributed by atoms with van der Waals surface area (Å²) in [5.41, 5.74) is -2.34. The van der Waals surface area contributed by atoms with E-state index in [4.69, 9.17) is 6.42 Å². The van der Waals surface area contributed by atoms with Gasteiger partial charge in [-0.25, -0.2) is 0 Å². The first kappa shape index (κ1) is 30.8. The second-order valence-electron chi connectivity index (χ2n) is 14.9. The Morgan fingerprint density at radius 1 is 0.973 bits per heavy atom. The number of hydrogen-bond acceptors (Lipinski definition) is 5. The fourth-order valence-electron chi connectivity index (χ4n) is 6.50. The Labute approximate surface area is 226 Å². The molecule has 37 heavy (non-hydrogen) atoms. The molecule has 0 bridgehead atoms. The van der Waals surface area contributed by atoms with Crippen molar-refractivity contribution in [2.24, 2.45) is 22.2 Å². The van der Waals surface area contributed by atoms with Crippen molar-refractivity contribution < 1.29 is 9.59 Å². The highest BCUT2D eigenvalue weighted by Gasteiger charge is 2.72. The Morgan fingerprint density at radius 2 is 1.49 bits per heavy atom. The molecule has 0 radical (unpaired) electrons.